The molecule has 0 spiro atoms. The molecule has 2 N–H and O–H groups in total. The molecule has 5 nitrogen and oxygen atoms in total. The number of halogens is 1. The lowest BCUT2D eigenvalue weighted by atomic mass is 10.0. The lowest BCUT2D eigenvalue weighted by Crippen LogP contribution is -2.13. The van der Waals surface area contributed by atoms with E-state index in [1.807, 2.05) is 0 Å². The van der Waals surface area contributed by atoms with Crippen molar-refractivity contribution in [1.29, 1.82) is 0 Å². The normalized spacial score (nSPS) is 12.5. The first-order valence-corrected chi connectivity index (χ1v) is 7.50. The summed E-state index contributed by atoms with van der Waals surface area (Å²) < 4.78 is 15.9. The summed E-state index contributed by atoms with van der Waals surface area (Å²) >= 11 is 0. The highest BCUT2D eigenvalue weighted by Gasteiger charge is 2.19. The number of hydrogen-bond acceptors (Lipinski definition) is 4. The summed E-state index contributed by atoms with van der Waals surface area (Å²) in [5.74, 6) is 0.0823. The van der Waals surface area contributed by atoms with Gasteiger partial charge in [0.05, 0.1) is 11.6 Å². The molecular formula is C15H22FN5. The molecule has 1 aromatic carbocycles. The van der Waals surface area contributed by atoms with Crippen LogP contribution in [0.25, 0.3) is 11.4 Å². The minimum Gasteiger partial charge on any atom is -0.399 e. The number of tetrazole rings is 1. The van der Waals surface area contributed by atoms with Crippen molar-refractivity contribution >= 4 is 5.69 Å². The van der Waals surface area contributed by atoms with E-state index < -0.39 is 5.82 Å². The molecule has 0 saturated carbocycles. The van der Waals surface area contributed by atoms with E-state index in [-0.39, 0.29) is 6.04 Å². The van der Waals surface area contributed by atoms with Crippen molar-refractivity contribution in [3.63, 3.8) is 0 Å². The Labute approximate surface area is 124 Å². The van der Waals surface area contributed by atoms with Gasteiger partial charge in [-0.2, -0.15) is 0 Å². The smallest absolute Gasteiger partial charge is 0.185 e. The van der Waals surface area contributed by atoms with E-state index in [4.69, 9.17) is 5.73 Å². The molecule has 0 aliphatic rings. The number of anilines is 1. The molecule has 0 saturated heterocycles. The molecule has 2 rings (SSSR count). The number of nitrogens with zero attached hydrogens (tertiary/aromatic N) is 4. The van der Waals surface area contributed by atoms with Gasteiger partial charge in [-0.15, -0.1) is 5.10 Å². The molecule has 0 fully saturated rings. The highest BCUT2D eigenvalue weighted by molar-refractivity contribution is 5.59. The Kier molecular flexibility index (Phi) is 5.25. The lowest BCUT2D eigenvalue weighted by Gasteiger charge is -2.17. The van der Waals surface area contributed by atoms with Crippen LogP contribution in [-0.2, 0) is 0 Å². The predicted molar refractivity (Wildman–Crippen MR) is 81.1 cm³/mol. The Hall–Kier alpha value is -1.98. The number of aromatic nitrogens is 4. The molecule has 21 heavy (non-hydrogen) atoms. The van der Waals surface area contributed by atoms with Crippen LogP contribution in [0.3, 0.4) is 0 Å². The summed E-state index contributed by atoms with van der Waals surface area (Å²) in [6.45, 7) is 4.29. The van der Waals surface area contributed by atoms with Crippen LogP contribution in [0.5, 0.6) is 0 Å². The van der Waals surface area contributed by atoms with Gasteiger partial charge in [-0.25, -0.2) is 9.07 Å². The van der Waals surface area contributed by atoms with Gasteiger partial charge in [-0.3, -0.25) is 0 Å². The first-order valence-electron chi connectivity index (χ1n) is 7.50. The van der Waals surface area contributed by atoms with Crippen LogP contribution in [0.2, 0.25) is 0 Å². The summed E-state index contributed by atoms with van der Waals surface area (Å²) in [5, 5.41) is 11.8. The maximum atomic E-state index is 14.1. The van der Waals surface area contributed by atoms with E-state index in [1.165, 1.54) is 6.07 Å². The topological polar surface area (TPSA) is 69.6 Å². The summed E-state index contributed by atoms with van der Waals surface area (Å²) in [4.78, 5) is 0. The van der Waals surface area contributed by atoms with Gasteiger partial charge in [0.15, 0.2) is 5.82 Å². The number of benzene rings is 1. The summed E-state index contributed by atoms with van der Waals surface area (Å²) in [6, 6.07) is 4.81. The minimum atomic E-state index is -0.392. The van der Waals surface area contributed by atoms with Crippen LogP contribution in [0, 0.1) is 5.82 Å². The third-order valence-electron chi connectivity index (χ3n) is 3.59. The van der Waals surface area contributed by atoms with Gasteiger partial charge < -0.3 is 5.73 Å². The van der Waals surface area contributed by atoms with Crippen LogP contribution in [0.1, 0.15) is 52.0 Å². The van der Waals surface area contributed by atoms with E-state index in [9.17, 15) is 4.39 Å². The molecule has 0 radical (unpaired) electrons. The summed E-state index contributed by atoms with van der Waals surface area (Å²) in [5.41, 5.74) is 6.38. The third-order valence-corrected chi connectivity index (χ3v) is 3.59. The molecule has 1 atom stereocenters. The van der Waals surface area contributed by atoms with Gasteiger partial charge in [-0.05, 0) is 41.5 Å². The average Bonchev–Trinajstić information content (AvgIpc) is 2.92. The van der Waals surface area contributed by atoms with E-state index in [1.54, 1.807) is 16.8 Å². The highest BCUT2D eigenvalue weighted by atomic mass is 19.1. The SMILES string of the molecule is CCCCC(CCC)n1nnnc1-c1ccc(N)cc1F. The van der Waals surface area contributed by atoms with Crippen molar-refractivity contribution in [2.24, 2.45) is 0 Å². The molecule has 6 heteroatoms. The fourth-order valence-electron chi connectivity index (χ4n) is 2.49. The number of rotatable bonds is 7. The molecule has 0 amide bonds. The Morgan fingerprint density at radius 3 is 2.71 bits per heavy atom. The Bertz CT molecular complexity index is 581. The van der Waals surface area contributed by atoms with Crippen LogP contribution in [0.15, 0.2) is 18.2 Å². The fourth-order valence-corrected chi connectivity index (χ4v) is 2.49. The molecule has 0 aliphatic heterocycles. The van der Waals surface area contributed by atoms with Gasteiger partial charge in [0.25, 0.3) is 0 Å². The lowest BCUT2D eigenvalue weighted by molar-refractivity contribution is 0.379. The zero-order valence-electron chi connectivity index (χ0n) is 12.6. The van der Waals surface area contributed by atoms with Crippen LogP contribution < -0.4 is 5.73 Å². The maximum absolute atomic E-state index is 14.1. The van der Waals surface area contributed by atoms with E-state index in [2.05, 4.69) is 29.4 Å². The summed E-state index contributed by atoms with van der Waals surface area (Å²) in [6.07, 6.45) is 5.24. The minimum absolute atomic E-state index is 0.205. The predicted octanol–water partition coefficient (Wildman–Crippen LogP) is 3.59. The molecule has 1 heterocycles. The largest absolute Gasteiger partial charge is 0.399 e. The highest BCUT2D eigenvalue weighted by Crippen LogP contribution is 2.28. The van der Waals surface area contributed by atoms with Gasteiger partial charge in [-0.1, -0.05) is 33.1 Å². The zero-order chi connectivity index (χ0) is 15.2. The first-order chi connectivity index (χ1) is 10.2. The Morgan fingerprint density at radius 2 is 2.05 bits per heavy atom. The van der Waals surface area contributed by atoms with Gasteiger partial charge in [0.1, 0.15) is 5.82 Å². The van der Waals surface area contributed by atoms with E-state index in [0.29, 0.717) is 17.1 Å². The van der Waals surface area contributed by atoms with Gasteiger partial charge in [0, 0.05) is 5.69 Å². The quantitative estimate of drug-likeness (QED) is 0.791. The molecule has 114 valence electrons. The number of hydrogen-bond donors (Lipinski definition) is 1. The standard InChI is InChI=1S/C15H22FN5/c1-3-5-7-12(6-4-2)21-15(18-19-20-21)13-9-8-11(17)10-14(13)16/h8-10,12H,3-7,17H2,1-2H3. The number of nitrogen functional groups attached to an aromatic ring is 1. The van der Waals surface area contributed by atoms with Crippen LogP contribution in [-0.4, -0.2) is 20.2 Å². The van der Waals surface area contributed by atoms with Crippen molar-refractivity contribution < 1.29 is 4.39 Å². The molecule has 0 aliphatic carbocycles. The molecule has 1 unspecified atom stereocenters. The number of unbranched alkanes of at least 4 members (excludes halogenated alkanes) is 1. The van der Waals surface area contributed by atoms with Gasteiger partial charge >= 0.3 is 0 Å². The van der Waals surface area contributed by atoms with Crippen molar-refractivity contribution in [1.82, 2.24) is 20.2 Å². The van der Waals surface area contributed by atoms with E-state index >= 15 is 0 Å². The van der Waals surface area contributed by atoms with Crippen molar-refractivity contribution in [2.45, 2.75) is 52.0 Å². The zero-order valence-corrected chi connectivity index (χ0v) is 12.6. The fraction of sp³-hybridized carbons (Fsp3) is 0.533. The third kappa shape index (κ3) is 3.56. The van der Waals surface area contributed by atoms with Crippen LogP contribution >= 0.6 is 0 Å². The average molecular weight is 291 g/mol. The second-order valence-electron chi connectivity index (χ2n) is 5.27. The van der Waals surface area contributed by atoms with Crippen molar-refractivity contribution in [3.05, 3.63) is 24.0 Å². The van der Waals surface area contributed by atoms with Crippen molar-refractivity contribution in [2.75, 3.05) is 5.73 Å². The monoisotopic (exact) mass is 291 g/mol. The van der Waals surface area contributed by atoms with E-state index in [0.717, 1.165) is 32.1 Å². The molecule has 2 aromatic rings. The Balaban J connectivity index is 2.35. The number of nitrogens with two attached hydrogens (primary N) is 1. The molecular weight excluding hydrogens is 269 g/mol. The second kappa shape index (κ2) is 7.15. The first kappa shape index (κ1) is 15.4. The van der Waals surface area contributed by atoms with Crippen molar-refractivity contribution in [3.8, 4) is 11.4 Å². The molecule has 1 aromatic heterocycles. The summed E-state index contributed by atoms with van der Waals surface area (Å²) in [7, 11) is 0. The second-order valence-corrected chi connectivity index (χ2v) is 5.27. The maximum Gasteiger partial charge on any atom is 0.185 e. The van der Waals surface area contributed by atoms with Gasteiger partial charge in [0.2, 0.25) is 0 Å². The van der Waals surface area contributed by atoms with Crippen LogP contribution in [0.4, 0.5) is 10.1 Å². The molecule has 0 bridgehead atoms. The Morgan fingerprint density at radius 1 is 1.24 bits per heavy atom.